The topological polar surface area (TPSA) is 62.2 Å². The maximum Gasteiger partial charge on any atom is 0.239 e. The van der Waals surface area contributed by atoms with E-state index in [-0.39, 0.29) is 29.6 Å². The number of benzene rings is 1. The number of halogens is 2. The van der Waals surface area contributed by atoms with Gasteiger partial charge in [0.1, 0.15) is 11.6 Å². The van der Waals surface area contributed by atoms with E-state index in [0.29, 0.717) is 12.1 Å². The van der Waals surface area contributed by atoms with Gasteiger partial charge in [-0.05, 0) is 50.8 Å². The summed E-state index contributed by atoms with van der Waals surface area (Å²) in [4.78, 5) is 15.0. The standard InChI is InChI=1S/C23H31ClFN5O/c1-15(2)29-12-10-20(23(29)16-7-8-18(24)19(25)13-16)26-14-22(31)28-21-9-11-27-30(21)17-5-3-4-6-17/h7-9,11,13,15,17,20,23,26H,3-6,10,12,14H2,1-2H3,(H,28,31)/t20-,23-/m1/s1. The molecule has 2 aromatic rings. The molecule has 1 aliphatic heterocycles. The van der Waals surface area contributed by atoms with Crippen LogP contribution in [0.2, 0.25) is 5.02 Å². The van der Waals surface area contributed by atoms with Crippen LogP contribution in [-0.4, -0.2) is 45.8 Å². The molecular formula is C23H31ClFN5O. The average molecular weight is 448 g/mol. The zero-order valence-electron chi connectivity index (χ0n) is 18.2. The lowest BCUT2D eigenvalue weighted by Crippen LogP contribution is -2.41. The molecule has 31 heavy (non-hydrogen) atoms. The first-order valence-electron chi connectivity index (χ1n) is 11.2. The van der Waals surface area contributed by atoms with Crippen LogP contribution >= 0.6 is 11.6 Å². The average Bonchev–Trinajstić information content (AvgIpc) is 3.48. The quantitative estimate of drug-likeness (QED) is 0.654. The van der Waals surface area contributed by atoms with Gasteiger partial charge >= 0.3 is 0 Å². The molecule has 2 N–H and O–H groups in total. The third-order valence-electron chi connectivity index (χ3n) is 6.52. The van der Waals surface area contributed by atoms with Gasteiger partial charge in [0.2, 0.25) is 5.91 Å². The van der Waals surface area contributed by atoms with E-state index in [4.69, 9.17) is 11.6 Å². The highest BCUT2D eigenvalue weighted by molar-refractivity contribution is 6.30. The Morgan fingerprint density at radius 3 is 2.74 bits per heavy atom. The molecule has 2 aliphatic rings. The first kappa shape index (κ1) is 22.2. The minimum absolute atomic E-state index is 0.0106. The lowest BCUT2D eigenvalue weighted by Gasteiger charge is -2.32. The number of carbonyl (C=O) groups excluding carboxylic acids is 1. The molecule has 1 aromatic carbocycles. The molecule has 0 spiro atoms. The summed E-state index contributed by atoms with van der Waals surface area (Å²) in [5.41, 5.74) is 0.880. The van der Waals surface area contributed by atoms with Crippen molar-refractivity contribution in [3.63, 3.8) is 0 Å². The van der Waals surface area contributed by atoms with Crippen molar-refractivity contribution in [1.82, 2.24) is 20.0 Å². The Morgan fingerprint density at radius 1 is 1.26 bits per heavy atom. The number of amides is 1. The lowest BCUT2D eigenvalue weighted by molar-refractivity contribution is -0.115. The van der Waals surface area contributed by atoms with Crippen molar-refractivity contribution in [1.29, 1.82) is 0 Å². The van der Waals surface area contributed by atoms with Gasteiger partial charge in [-0.1, -0.05) is 30.5 Å². The van der Waals surface area contributed by atoms with Gasteiger partial charge in [-0.25, -0.2) is 9.07 Å². The molecule has 2 atom stereocenters. The highest BCUT2D eigenvalue weighted by Gasteiger charge is 2.37. The van der Waals surface area contributed by atoms with Crippen LogP contribution in [-0.2, 0) is 4.79 Å². The second-order valence-electron chi connectivity index (χ2n) is 8.87. The van der Waals surface area contributed by atoms with E-state index in [2.05, 4.69) is 34.5 Å². The number of likely N-dealkylation sites (tertiary alicyclic amines) is 1. The van der Waals surface area contributed by atoms with E-state index in [1.54, 1.807) is 12.3 Å². The van der Waals surface area contributed by atoms with Crippen LogP contribution in [0.1, 0.15) is 63.6 Å². The van der Waals surface area contributed by atoms with E-state index in [1.807, 2.05) is 16.8 Å². The molecule has 0 bridgehead atoms. The van der Waals surface area contributed by atoms with Crippen molar-refractivity contribution in [3.8, 4) is 0 Å². The summed E-state index contributed by atoms with van der Waals surface area (Å²) in [7, 11) is 0. The van der Waals surface area contributed by atoms with Crippen LogP contribution in [0.15, 0.2) is 30.5 Å². The smallest absolute Gasteiger partial charge is 0.239 e. The summed E-state index contributed by atoms with van der Waals surface area (Å²) in [5.74, 6) is 0.250. The van der Waals surface area contributed by atoms with Crippen molar-refractivity contribution in [2.45, 2.75) is 70.1 Å². The summed E-state index contributed by atoms with van der Waals surface area (Å²) >= 11 is 5.89. The Kier molecular flexibility index (Phi) is 6.94. The molecule has 8 heteroatoms. The van der Waals surface area contributed by atoms with E-state index in [9.17, 15) is 9.18 Å². The Bertz CT molecular complexity index is 911. The molecular weight excluding hydrogens is 417 g/mol. The van der Waals surface area contributed by atoms with Gasteiger partial charge < -0.3 is 10.6 Å². The maximum absolute atomic E-state index is 14.1. The van der Waals surface area contributed by atoms with Crippen LogP contribution in [0.25, 0.3) is 0 Å². The number of hydrogen-bond donors (Lipinski definition) is 2. The minimum Gasteiger partial charge on any atom is -0.310 e. The van der Waals surface area contributed by atoms with Crippen molar-refractivity contribution in [2.24, 2.45) is 0 Å². The van der Waals surface area contributed by atoms with E-state index in [1.165, 1.54) is 18.9 Å². The molecule has 168 valence electrons. The van der Waals surface area contributed by atoms with Gasteiger partial charge in [0, 0.05) is 24.7 Å². The van der Waals surface area contributed by atoms with Crippen molar-refractivity contribution >= 4 is 23.3 Å². The highest BCUT2D eigenvalue weighted by atomic mass is 35.5. The van der Waals surface area contributed by atoms with Crippen LogP contribution in [0.4, 0.5) is 10.2 Å². The Balaban J connectivity index is 1.41. The molecule has 4 rings (SSSR count). The van der Waals surface area contributed by atoms with Gasteiger partial charge in [-0.2, -0.15) is 5.10 Å². The fourth-order valence-corrected chi connectivity index (χ4v) is 5.11. The van der Waals surface area contributed by atoms with Gasteiger partial charge in [0.25, 0.3) is 0 Å². The van der Waals surface area contributed by atoms with Gasteiger partial charge in [0.05, 0.1) is 29.8 Å². The summed E-state index contributed by atoms with van der Waals surface area (Å²) < 4.78 is 16.1. The number of nitrogens with one attached hydrogen (secondary N) is 2. The first-order chi connectivity index (χ1) is 14.9. The first-order valence-corrected chi connectivity index (χ1v) is 11.6. The van der Waals surface area contributed by atoms with Gasteiger partial charge in [-0.3, -0.25) is 9.69 Å². The van der Waals surface area contributed by atoms with E-state index in [0.717, 1.165) is 37.2 Å². The van der Waals surface area contributed by atoms with E-state index >= 15 is 0 Å². The van der Waals surface area contributed by atoms with Crippen LogP contribution in [0, 0.1) is 5.82 Å². The molecule has 1 saturated carbocycles. The van der Waals surface area contributed by atoms with Gasteiger partial charge in [-0.15, -0.1) is 0 Å². The molecule has 1 aromatic heterocycles. The molecule has 1 aliphatic carbocycles. The minimum atomic E-state index is -0.411. The normalized spacial score (nSPS) is 22.5. The third kappa shape index (κ3) is 4.94. The number of rotatable bonds is 7. The summed E-state index contributed by atoms with van der Waals surface area (Å²) in [6.45, 7) is 5.36. The molecule has 2 heterocycles. The highest BCUT2D eigenvalue weighted by Crippen LogP contribution is 2.35. The number of carbonyl (C=O) groups is 1. The summed E-state index contributed by atoms with van der Waals surface area (Å²) in [5, 5.41) is 11.0. The second-order valence-corrected chi connectivity index (χ2v) is 9.28. The van der Waals surface area contributed by atoms with Gasteiger partial charge in [0.15, 0.2) is 0 Å². The Labute approximate surface area is 188 Å². The molecule has 1 amide bonds. The summed E-state index contributed by atoms with van der Waals surface area (Å²) in [6.07, 6.45) is 7.26. The predicted octanol–water partition coefficient (Wildman–Crippen LogP) is 4.54. The molecule has 1 saturated heterocycles. The van der Waals surface area contributed by atoms with Crippen molar-refractivity contribution in [3.05, 3.63) is 46.9 Å². The number of anilines is 1. The number of aromatic nitrogens is 2. The molecule has 0 unspecified atom stereocenters. The number of nitrogens with zero attached hydrogens (tertiary/aromatic N) is 3. The molecule has 2 fully saturated rings. The Morgan fingerprint density at radius 2 is 2.03 bits per heavy atom. The SMILES string of the molecule is CC(C)N1CC[C@@H](NCC(=O)Nc2ccnn2C2CCCC2)[C@H]1c1ccc(Cl)c(F)c1. The zero-order valence-corrected chi connectivity index (χ0v) is 18.9. The van der Waals surface area contributed by atoms with Crippen molar-refractivity contribution < 1.29 is 9.18 Å². The summed E-state index contributed by atoms with van der Waals surface area (Å²) in [6, 6.07) is 7.58. The fourth-order valence-electron chi connectivity index (χ4n) is 4.99. The second kappa shape index (κ2) is 9.67. The van der Waals surface area contributed by atoms with Crippen LogP contribution < -0.4 is 10.6 Å². The van der Waals surface area contributed by atoms with E-state index < -0.39 is 5.82 Å². The van der Waals surface area contributed by atoms with Crippen LogP contribution in [0.5, 0.6) is 0 Å². The molecule has 6 nitrogen and oxygen atoms in total. The molecule has 0 radical (unpaired) electrons. The monoisotopic (exact) mass is 447 g/mol. The predicted molar refractivity (Wildman–Crippen MR) is 121 cm³/mol. The maximum atomic E-state index is 14.1. The Hall–Kier alpha value is -1.96. The largest absolute Gasteiger partial charge is 0.310 e. The van der Waals surface area contributed by atoms with Crippen molar-refractivity contribution in [2.75, 3.05) is 18.4 Å². The lowest BCUT2D eigenvalue weighted by atomic mass is 9.99. The number of hydrogen-bond acceptors (Lipinski definition) is 4. The fraction of sp³-hybridized carbons (Fsp3) is 0.565. The third-order valence-corrected chi connectivity index (χ3v) is 6.82. The zero-order chi connectivity index (χ0) is 22.0. The van der Waals surface area contributed by atoms with Crippen LogP contribution in [0.3, 0.4) is 0 Å².